The second-order valence-electron chi connectivity index (χ2n) is 5.11. The minimum atomic E-state index is 0.112. The maximum atomic E-state index is 4.32. The highest BCUT2D eigenvalue weighted by atomic mass is 15.2. The fraction of sp³-hybridized carbons (Fsp3) is 0.467. The van der Waals surface area contributed by atoms with Crippen LogP contribution in [0.4, 0.5) is 5.69 Å². The van der Waals surface area contributed by atoms with E-state index in [1.807, 2.05) is 0 Å². The quantitative estimate of drug-likeness (QED) is 0.718. The number of hydrogen-bond donors (Lipinski definition) is 0. The van der Waals surface area contributed by atoms with E-state index < -0.39 is 0 Å². The van der Waals surface area contributed by atoms with Gasteiger partial charge in [0.25, 0.3) is 0 Å². The normalized spacial score (nSPS) is 24.1. The van der Waals surface area contributed by atoms with Gasteiger partial charge in [-0.3, -0.25) is 0 Å². The zero-order valence-electron chi connectivity index (χ0n) is 10.7. The molecule has 0 N–H and O–H groups in total. The van der Waals surface area contributed by atoms with Crippen molar-refractivity contribution in [3.63, 3.8) is 0 Å². The Balaban J connectivity index is 2.62. The Morgan fingerprint density at radius 2 is 1.94 bits per heavy atom. The first-order valence-electron chi connectivity index (χ1n) is 6.10. The van der Waals surface area contributed by atoms with Crippen LogP contribution in [0.2, 0.25) is 0 Å². The Bertz CT molecular complexity index is 419. The Hall–Kier alpha value is -1.24. The van der Waals surface area contributed by atoms with Crippen molar-refractivity contribution in [1.29, 1.82) is 0 Å². The summed E-state index contributed by atoms with van der Waals surface area (Å²) >= 11 is 0. The summed E-state index contributed by atoms with van der Waals surface area (Å²) in [5.41, 5.74) is 4.12. The van der Waals surface area contributed by atoms with Crippen molar-refractivity contribution in [3.8, 4) is 0 Å². The molecule has 0 aliphatic carbocycles. The molecule has 1 nitrogen and oxygen atoms in total. The molecule has 1 aromatic carbocycles. The van der Waals surface area contributed by atoms with Crippen LogP contribution in [-0.4, -0.2) is 6.04 Å². The average Bonchev–Trinajstić information content (AvgIpc) is 2.50. The molecule has 1 aliphatic heterocycles. The van der Waals surface area contributed by atoms with Crippen LogP contribution in [-0.2, 0) is 5.41 Å². The van der Waals surface area contributed by atoms with Crippen molar-refractivity contribution in [2.24, 2.45) is 0 Å². The molecule has 0 aromatic heterocycles. The van der Waals surface area contributed by atoms with E-state index in [2.05, 4.69) is 63.4 Å². The van der Waals surface area contributed by atoms with E-state index in [0.717, 1.165) is 6.42 Å². The first kappa shape index (κ1) is 11.3. The summed E-state index contributed by atoms with van der Waals surface area (Å²) in [5.74, 6) is 0. The number of anilines is 1. The van der Waals surface area contributed by atoms with Crippen LogP contribution in [0.15, 0.2) is 36.5 Å². The van der Waals surface area contributed by atoms with Gasteiger partial charge in [-0.25, -0.2) is 0 Å². The van der Waals surface area contributed by atoms with Gasteiger partial charge in [0.05, 0.1) is 0 Å². The summed E-state index contributed by atoms with van der Waals surface area (Å²) in [6.45, 7) is 13.3. The van der Waals surface area contributed by atoms with Crippen molar-refractivity contribution < 1.29 is 0 Å². The molecule has 1 aromatic rings. The van der Waals surface area contributed by atoms with Crippen LogP contribution < -0.4 is 4.90 Å². The fourth-order valence-electron chi connectivity index (χ4n) is 2.70. The summed E-state index contributed by atoms with van der Waals surface area (Å²) in [6.07, 6.45) is 1.10. The predicted octanol–water partition coefficient (Wildman–Crippen LogP) is 4.10. The zero-order chi connectivity index (χ0) is 11.9. The van der Waals surface area contributed by atoms with Crippen molar-refractivity contribution in [1.82, 2.24) is 0 Å². The van der Waals surface area contributed by atoms with Crippen LogP contribution in [0.1, 0.15) is 39.7 Å². The van der Waals surface area contributed by atoms with Gasteiger partial charge >= 0.3 is 0 Å². The molecule has 0 amide bonds. The molecule has 0 radical (unpaired) electrons. The van der Waals surface area contributed by atoms with Crippen LogP contribution in [0.5, 0.6) is 0 Å². The van der Waals surface area contributed by atoms with Crippen LogP contribution in [0.3, 0.4) is 0 Å². The third kappa shape index (κ3) is 1.31. The van der Waals surface area contributed by atoms with Gasteiger partial charge in [-0.15, -0.1) is 0 Å². The van der Waals surface area contributed by atoms with Crippen LogP contribution in [0.25, 0.3) is 0 Å². The molecule has 2 rings (SSSR count). The summed E-state index contributed by atoms with van der Waals surface area (Å²) in [4.78, 5) is 2.37. The number of hydrogen-bond acceptors (Lipinski definition) is 1. The van der Waals surface area contributed by atoms with Gasteiger partial charge in [-0.05, 0) is 38.8 Å². The highest BCUT2D eigenvalue weighted by Crippen LogP contribution is 2.49. The van der Waals surface area contributed by atoms with E-state index in [1.54, 1.807) is 0 Å². The molecular formula is C15H21N. The number of benzene rings is 1. The lowest BCUT2D eigenvalue weighted by atomic mass is 9.80. The number of fused-ring (bicyclic) bond motifs is 1. The topological polar surface area (TPSA) is 3.24 Å². The van der Waals surface area contributed by atoms with Gasteiger partial charge in [0, 0.05) is 22.8 Å². The third-order valence-corrected chi connectivity index (χ3v) is 3.91. The van der Waals surface area contributed by atoms with Crippen LogP contribution in [0, 0.1) is 0 Å². The van der Waals surface area contributed by atoms with E-state index in [9.17, 15) is 0 Å². The number of nitrogens with zero attached hydrogens (tertiary/aromatic N) is 1. The standard InChI is InChI=1S/C15H21N/c1-6-15(5)12(4)16(11(2)3)14-10-8-7-9-13(14)15/h7-11H,4,6H2,1-3,5H3. The third-order valence-electron chi connectivity index (χ3n) is 3.91. The molecule has 0 bridgehead atoms. The lowest BCUT2D eigenvalue weighted by molar-refractivity contribution is 0.539. The first-order chi connectivity index (χ1) is 7.52. The van der Waals surface area contributed by atoms with Gasteiger partial charge in [0.15, 0.2) is 0 Å². The molecule has 0 saturated carbocycles. The van der Waals surface area contributed by atoms with Crippen molar-refractivity contribution in [3.05, 3.63) is 42.1 Å². The predicted molar refractivity (Wildman–Crippen MR) is 70.8 cm³/mol. The molecule has 0 saturated heterocycles. The Labute approximate surface area is 98.8 Å². The highest BCUT2D eigenvalue weighted by Gasteiger charge is 2.41. The summed E-state index contributed by atoms with van der Waals surface area (Å²) in [7, 11) is 0. The molecule has 1 aliphatic rings. The van der Waals surface area contributed by atoms with Gasteiger partial charge < -0.3 is 4.90 Å². The summed E-state index contributed by atoms with van der Waals surface area (Å²) in [5, 5.41) is 0. The minimum absolute atomic E-state index is 0.112. The lowest BCUT2D eigenvalue weighted by Gasteiger charge is -2.30. The summed E-state index contributed by atoms with van der Waals surface area (Å²) < 4.78 is 0. The SMILES string of the molecule is C=C1N(C(C)C)c2ccccc2C1(C)CC. The fourth-order valence-corrected chi connectivity index (χ4v) is 2.70. The molecule has 1 heteroatoms. The zero-order valence-corrected chi connectivity index (χ0v) is 10.7. The van der Waals surface area contributed by atoms with E-state index in [1.165, 1.54) is 16.9 Å². The lowest BCUT2D eigenvalue weighted by Crippen LogP contribution is -2.32. The Kier molecular flexibility index (Phi) is 2.57. The average molecular weight is 215 g/mol. The maximum Gasteiger partial charge on any atom is 0.0452 e. The number of allylic oxidation sites excluding steroid dienone is 1. The molecule has 0 spiro atoms. The van der Waals surface area contributed by atoms with Gasteiger partial charge in [-0.2, -0.15) is 0 Å². The molecule has 0 fully saturated rings. The number of rotatable bonds is 2. The maximum absolute atomic E-state index is 4.32. The van der Waals surface area contributed by atoms with Gasteiger partial charge in [0.2, 0.25) is 0 Å². The second kappa shape index (κ2) is 3.65. The van der Waals surface area contributed by atoms with Crippen molar-refractivity contribution in [2.75, 3.05) is 4.90 Å². The smallest absolute Gasteiger partial charge is 0.0452 e. The van der Waals surface area contributed by atoms with E-state index in [4.69, 9.17) is 0 Å². The molecule has 1 atom stereocenters. The minimum Gasteiger partial charge on any atom is -0.342 e. The van der Waals surface area contributed by atoms with E-state index in [-0.39, 0.29) is 5.41 Å². The molecule has 1 unspecified atom stereocenters. The molecule has 1 heterocycles. The highest BCUT2D eigenvalue weighted by molar-refractivity contribution is 5.70. The van der Waals surface area contributed by atoms with Crippen LogP contribution >= 0.6 is 0 Å². The van der Waals surface area contributed by atoms with Gasteiger partial charge in [0.1, 0.15) is 0 Å². The molecular weight excluding hydrogens is 194 g/mol. The van der Waals surface area contributed by atoms with Gasteiger partial charge in [-0.1, -0.05) is 31.7 Å². The monoisotopic (exact) mass is 215 g/mol. The van der Waals surface area contributed by atoms with E-state index >= 15 is 0 Å². The Morgan fingerprint density at radius 1 is 1.31 bits per heavy atom. The number of para-hydroxylation sites is 1. The van der Waals surface area contributed by atoms with Crippen molar-refractivity contribution in [2.45, 2.75) is 45.6 Å². The largest absolute Gasteiger partial charge is 0.342 e. The van der Waals surface area contributed by atoms with E-state index in [0.29, 0.717) is 6.04 Å². The first-order valence-corrected chi connectivity index (χ1v) is 6.10. The summed E-state index contributed by atoms with van der Waals surface area (Å²) in [6, 6.07) is 9.17. The second-order valence-corrected chi connectivity index (χ2v) is 5.11. The molecule has 86 valence electrons. The molecule has 16 heavy (non-hydrogen) atoms. The van der Waals surface area contributed by atoms with Crippen molar-refractivity contribution >= 4 is 5.69 Å². The Morgan fingerprint density at radius 3 is 2.50 bits per heavy atom.